The van der Waals surface area contributed by atoms with E-state index in [1.807, 2.05) is 13.8 Å². The van der Waals surface area contributed by atoms with Crippen molar-refractivity contribution in [1.82, 2.24) is 0 Å². The fraction of sp³-hybridized carbons (Fsp3) is 0.333. The SMILES string of the molecule is C.Cc1cc(F)ccc1[C@@H]1COC(N)=N1.Cc1cc(F)ccc1[C@H]1COC(N)=N1. The van der Waals surface area contributed by atoms with Gasteiger partial charge < -0.3 is 20.9 Å². The number of aliphatic imine (C=N–C) groups is 2. The van der Waals surface area contributed by atoms with E-state index < -0.39 is 0 Å². The van der Waals surface area contributed by atoms with Crippen molar-refractivity contribution in [2.45, 2.75) is 33.4 Å². The molecule has 0 saturated carbocycles. The number of rotatable bonds is 2. The Bertz CT molecular complexity index is 855. The molecule has 2 aromatic carbocycles. The molecule has 2 aliphatic rings. The van der Waals surface area contributed by atoms with Crippen molar-refractivity contribution in [1.29, 1.82) is 0 Å². The molecular weight excluding hydrogens is 378 g/mol. The number of nitrogens with zero attached hydrogens (tertiary/aromatic N) is 2. The number of amidine groups is 2. The Morgan fingerprint density at radius 3 is 1.45 bits per heavy atom. The Hall–Kier alpha value is -3.16. The van der Waals surface area contributed by atoms with Gasteiger partial charge in [0.15, 0.2) is 0 Å². The first-order valence-electron chi connectivity index (χ1n) is 8.77. The van der Waals surface area contributed by atoms with Gasteiger partial charge in [0.05, 0.1) is 0 Å². The van der Waals surface area contributed by atoms with Gasteiger partial charge in [0.2, 0.25) is 0 Å². The van der Waals surface area contributed by atoms with Crippen LogP contribution >= 0.6 is 0 Å². The summed E-state index contributed by atoms with van der Waals surface area (Å²) in [6.45, 7) is 4.58. The summed E-state index contributed by atoms with van der Waals surface area (Å²) in [5, 5.41) is 0. The smallest absolute Gasteiger partial charge is 0.282 e. The minimum Gasteiger partial charge on any atom is -0.463 e. The van der Waals surface area contributed by atoms with Crippen LogP contribution in [-0.4, -0.2) is 25.3 Å². The van der Waals surface area contributed by atoms with Crippen LogP contribution in [0.3, 0.4) is 0 Å². The predicted octanol–water partition coefficient (Wildman–Crippen LogP) is 3.68. The van der Waals surface area contributed by atoms with Gasteiger partial charge in [0.25, 0.3) is 12.0 Å². The van der Waals surface area contributed by atoms with Gasteiger partial charge in [-0.25, -0.2) is 18.8 Å². The lowest BCUT2D eigenvalue weighted by Gasteiger charge is -2.08. The lowest BCUT2D eigenvalue weighted by molar-refractivity contribution is 0.314. The van der Waals surface area contributed by atoms with Crippen LogP contribution in [0.15, 0.2) is 46.4 Å². The largest absolute Gasteiger partial charge is 0.463 e. The molecule has 2 aliphatic heterocycles. The van der Waals surface area contributed by atoms with Crippen LogP contribution in [0.4, 0.5) is 8.78 Å². The highest BCUT2D eigenvalue weighted by Gasteiger charge is 2.21. The van der Waals surface area contributed by atoms with E-state index in [-0.39, 0.29) is 43.2 Å². The van der Waals surface area contributed by atoms with Crippen LogP contribution in [0, 0.1) is 25.5 Å². The summed E-state index contributed by atoms with van der Waals surface area (Å²) in [4.78, 5) is 8.20. The molecule has 2 aromatic rings. The highest BCUT2D eigenvalue weighted by Crippen LogP contribution is 2.26. The van der Waals surface area contributed by atoms with Gasteiger partial charge >= 0.3 is 0 Å². The predicted molar refractivity (Wildman–Crippen MR) is 110 cm³/mol. The highest BCUT2D eigenvalue weighted by atomic mass is 19.1. The van der Waals surface area contributed by atoms with Crippen molar-refractivity contribution in [2.75, 3.05) is 13.2 Å². The van der Waals surface area contributed by atoms with E-state index in [1.165, 1.54) is 24.3 Å². The topological polar surface area (TPSA) is 95.2 Å². The second-order valence-corrected chi connectivity index (χ2v) is 6.59. The Morgan fingerprint density at radius 2 is 1.17 bits per heavy atom. The number of benzene rings is 2. The molecule has 8 heteroatoms. The lowest BCUT2D eigenvalue weighted by atomic mass is 10.0. The first-order valence-corrected chi connectivity index (χ1v) is 8.77. The van der Waals surface area contributed by atoms with E-state index in [0.717, 1.165) is 22.3 Å². The van der Waals surface area contributed by atoms with Crippen molar-refractivity contribution in [3.05, 3.63) is 70.3 Å². The maximum absolute atomic E-state index is 12.8. The molecule has 2 heterocycles. The number of ether oxygens (including phenoxy) is 2. The van der Waals surface area contributed by atoms with Gasteiger partial charge in [-0.2, -0.15) is 0 Å². The molecule has 0 aromatic heterocycles. The second-order valence-electron chi connectivity index (χ2n) is 6.59. The zero-order valence-electron chi connectivity index (χ0n) is 15.7. The number of halogens is 2. The number of hydrogen-bond acceptors (Lipinski definition) is 6. The highest BCUT2D eigenvalue weighted by molar-refractivity contribution is 5.73. The minimum absolute atomic E-state index is 0. The summed E-state index contributed by atoms with van der Waals surface area (Å²) < 4.78 is 35.7. The van der Waals surface area contributed by atoms with Gasteiger partial charge in [-0.1, -0.05) is 19.6 Å². The average Bonchev–Trinajstić information content (AvgIpc) is 3.24. The van der Waals surface area contributed by atoms with Crippen LogP contribution in [0.1, 0.15) is 41.8 Å². The molecule has 0 aliphatic carbocycles. The minimum atomic E-state index is -0.234. The summed E-state index contributed by atoms with van der Waals surface area (Å²) in [7, 11) is 0. The molecule has 0 fully saturated rings. The van der Waals surface area contributed by atoms with Crippen LogP contribution in [0.5, 0.6) is 0 Å². The van der Waals surface area contributed by atoms with E-state index in [9.17, 15) is 8.78 Å². The fourth-order valence-electron chi connectivity index (χ4n) is 3.13. The van der Waals surface area contributed by atoms with Gasteiger partial charge in [0.1, 0.15) is 36.9 Å². The Kier molecular flexibility index (Phi) is 7.14. The molecule has 156 valence electrons. The number of hydrogen-bond donors (Lipinski definition) is 2. The van der Waals surface area contributed by atoms with Crippen molar-refractivity contribution in [3.8, 4) is 0 Å². The van der Waals surface area contributed by atoms with Crippen molar-refractivity contribution >= 4 is 12.0 Å². The third kappa shape index (κ3) is 5.43. The first kappa shape index (κ1) is 22.1. The van der Waals surface area contributed by atoms with E-state index in [2.05, 4.69) is 9.98 Å². The van der Waals surface area contributed by atoms with E-state index in [1.54, 1.807) is 12.1 Å². The maximum Gasteiger partial charge on any atom is 0.282 e. The summed E-state index contributed by atoms with van der Waals surface area (Å²) >= 11 is 0. The zero-order valence-corrected chi connectivity index (χ0v) is 15.7. The number of nitrogens with two attached hydrogens (primary N) is 2. The lowest BCUT2D eigenvalue weighted by Crippen LogP contribution is -2.10. The molecule has 2 atom stereocenters. The standard InChI is InChI=1S/2C10H11FN2O.CH4/c2*1-6-4-7(11)2-3-8(6)9-5-14-10(12)13-9;/h2*2-4,9H,5H2,1H3,(H2,12,13);1H4/t2*9-;/m10./s1. The maximum atomic E-state index is 12.8. The van der Waals surface area contributed by atoms with E-state index in [4.69, 9.17) is 20.9 Å². The van der Waals surface area contributed by atoms with Gasteiger partial charge in [-0.3, -0.25) is 0 Å². The van der Waals surface area contributed by atoms with Gasteiger partial charge in [-0.05, 0) is 60.4 Å². The van der Waals surface area contributed by atoms with E-state index in [0.29, 0.717) is 13.2 Å². The molecular formula is C21H26F2N4O2. The van der Waals surface area contributed by atoms with Gasteiger partial charge in [-0.15, -0.1) is 0 Å². The first-order chi connectivity index (χ1) is 13.3. The second kappa shape index (κ2) is 9.36. The molecule has 4 rings (SSSR count). The third-order valence-corrected chi connectivity index (χ3v) is 4.53. The fourth-order valence-corrected chi connectivity index (χ4v) is 3.13. The van der Waals surface area contributed by atoms with Crippen LogP contribution in [-0.2, 0) is 9.47 Å². The molecule has 29 heavy (non-hydrogen) atoms. The quantitative estimate of drug-likeness (QED) is 0.798. The Labute approximate surface area is 169 Å². The third-order valence-electron chi connectivity index (χ3n) is 4.53. The summed E-state index contributed by atoms with van der Waals surface area (Å²) in [5.74, 6) is -0.468. The average molecular weight is 404 g/mol. The molecule has 0 amide bonds. The zero-order chi connectivity index (χ0) is 20.3. The summed E-state index contributed by atoms with van der Waals surface area (Å²) in [5.41, 5.74) is 14.5. The van der Waals surface area contributed by atoms with Crippen molar-refractivity contribution in [3.63, 3.8) is 0 Å². The normalized spacial score (nSPS) is 19.7. The Balaban J connectivity index is 0.000000200. The van der Waals surface area contributed by atoms with Gasteiger partial charge in [0, 0.05) is 0 Å². The van der Waals surface area contributed by atoms with Crippen LogP contribution < -0.4 is 11.5 Å². The molecule has 0 bridgehead atoms. The van der Waals surface area contributed by atoms with Crippen molar-refractivity contribution in [2.24, 2.45) is 21.5 Å². The molecule has 0 radical (unpaired) electrons. The van der Waals surface area contributed by atoms with Crippen molar-refractivity contribution < 1.29 is 18.3 Å². The monoisotopic (exact) mass is 404 g/mol. The number of aryl methyl sites for hydroxylation is 2. The molecule has 6 nitrogen and oxygen atoms in total. The molecule has 4 N–H and O–H groups in total. The Morgan fingerprint density at radius 1 is 0.793 bits per heavy atom. The summed E-state index contributed by atoms with van der Waals surface area (Å²) in [6.07, 6.45) is 0. The van der Waals surface area contributed by atoms with E-state index >= 15 is 0 Å². The summed E-state index contributed by atoms with van der Waals surface area (Å²) in [6, 6.07) is 9.50. The molecule has 0 saturated heterocycles. The van der Waals surface area contributed by atoms with Crippen LogP contribution in [0.25, 0.3) is 0 Å². The van der Waals surface area contributed by atoms with Crippen LogP contribution in [0.2, 0.25) is 0 Å². The molecule has 0 unspecified atom stereocenters. The molecule has 0 spiro atoms.